The summed E-state index contributed by atoms with van der Waals surface area (Å²) < 4.78 is 10.2. The van der Waals surface area contributed by atoms with Crippen LogP contribution in [-0.4, -0.2) is 13.1 Å². The molecule has 2 rings (SSSR count). The first-order chi connectivity index (χ1) is 9.82. The molecule has 0 aliphatic carbocycles. The van der Waals surface area contributed by atoms with Crippen molar-refractivity contribution in [2.75, 3.05) is 7.11 Å². The lowest BCUT2D eigenvalue weighted by Crippen LogP contribution is -2.10. The maximum atomic E-state index is 11.4. The number of benzene rings is 1. The Morgan fingerprint density at radius 2 is 1.71 bits per heavy atom. The van der Waals surface area contributed by atoms with Gasteiger partial charge in [0.25, 0.3) is 0 Å². The van der Waals surface area contributed by atoms with Crippen molar-refractivity contribution in [3.05, 3.63) is 59.0 Å². The molecule has 2 aromatic rings. The van der Waals surface area contributed by atoms with Crippen LogP contribution in [0, 0.1) is 0 Å². The highest BCUT2D eigenvalue weighted by atomic mass is 16.5. The van der Waals surface area contributed by atoms with Crippen LogP contribution in [0.2, 0.25) is 0 Å². The van der Waals surface area contributed by atoms with Crippen molar-refractivity contribution in [1.29, 1.82) is 0 Å². The van der Waals surface area contributed by atoms with Crippen molar-refractivity contribution in [1.82, 2.24) is 0 Å². The van der Waals surface area contributed by atoms with Gasteiger partial charge in [0.15, 0.2) is 0 Å². The molecule has 0 amide bonds. The Hall–Kier alpha value is -2.03. The van der Waals surface area contributed by atoms with Crippen LogP contribution in [0.3, 0.4) is 0 Å². The maximum Gasteiger partial charge on any atom is 0.373 e. The van der Waals surface area contributed by atoms with E-state index in [2.05, 4.69) is 56.7 Å². The molecule has 21 heavy (non-hydrogen) atoms. The lowest BCUT2D eigenvalue weighted by atomic mass is 9.85. The van der Waals surface area contributed by atoms with E-state index < -0.39 is 5.97 Å². The summed E-state index contributed by atoms with van der Waals surface area (Å²) >= 11 is 0. The second kappa shape index (κ2) is 5.76. The SMILES string of the molecule is COC(=O)c1ccc(C(C)c2ccc(C(C)(C)C)cc2)o1. The first-order valence-corrected chi connectivity index (χ1v) is 7.11. The van der Waals surface area contributed by atoms with Crippen LogP contribution in [0.15, 0.2) is 40.8 Å². The van der Waals surface area contributed by atoms with Gasteiger partial charge in [-0.15, -0.1) is 0 Å². The van der Waals surface area contributed by atoms with Gasteiger partial charge in [0.2, 0.25) is 5.76 Å². The van der Waals surface area contributed by atoms with Crippen LogP contribution in [0.1, 0.15) is 61.1 Å². The Bertz CT molecular complexity index is 615. The Kier molecular flexibility index (Phi) is 4.21. The molecule has 0 bridgehead atoms. The largest absolute Gasteiger partial charge is 0.463 e. The summed E-state index contributed by atoms with van der Waals surface area (Å²) in [7, 11) is 1.35. The first-order valence-electron chi connectivity index (χ1n) is 7.11. The fourth-order valence-electron chi connectivity index (χ4n) is 2.23. The van der Waals surface area contributed by atoms with Gasteiger partial charge < -0.3 is 9.15 Å². The highest BCUT2D eigenvalue weighted by molar-refractivity contribution is 5.86. The lowest BCUT2D eigenvalue weighted by molar-refractivity contribution is 0.0563. The van der Waals surface area contributed by atoms with Gasteiger partial charge in [-0.05, 0) is 28.7 Å². The van der Waals surface area contributed by atoms with Crippen molar-refractivity contribution in [2.45, 2.75) is 39.0 Å². The number of methoxy groups -OCH3 is 1. The molecule has 0 aliphatic heterocycles. The van der Waals surface area contributed by atoms with Crippen molar-refractivity contribution in [3.63, 3.8) is 0 Å². The lowest BCUT2D eigenvalue weighted by Gasteiger charge is -2.20. The van der Waals surface area contributed by atoms with Crippen LogP contribution in [-0.2, 0) is 10.2 Å². The second-order valence-electron chi connectivity index (χ2n) is 6.29. The molecule has 112 valence electrons. The monoisotopic (exact) mass is 286 g/mol. The molecule has 0 radical (unpaired) electrons. The van der Waals surface area contributed by atoms with E-state index in [1.165, 1.54) is 12.7 Å². The quantitative estimate of drug-likeness (QED) is 0.779. The highest BCUT2D eigenvalue weighted by Gasteiger charge is 2.18. The molecular formula is C18H22O3. The molecule has 0 fully saturated rings. The molecule has 0 N–H and O–H groups in total. The second-order valence-corrected chi connectivity index (χ2v) is 6.29. The van der Waals surface area contributed by atoms with E-state index in [-0.39, 0.29) is 17.1 Å². The van der Waals surface area contributed by atoms with Crippen molar-refractivity contribution in [2.24, 2.45) is 0 Å². The minimum Gasteiger partial charge on any atom is -0.463 e. The molecule has 1 heterocycles. The number of furan rings is 1. The molecule has 0 aliphatic rings. The molecule has 0 spiro atoms. The van der Waals surface area contributed by atoms with E-state index in [1.807, 2.05) is 6.07 Å². The van der Waals surface area contributed by atoms with Gasteiger partial charge in [0.05, 0.1) is 7.11 Å². The van der Waals surface area contributed by atoms with Crippen molar-refractivity contribution >= 4 is 5.97 Å². The number of ether oxygens (including phenoxy) is 1. The van der Waals surface area contributed by atoms with Crippen LogP contribution in [0.5, 0.6) is 0 Å². The standard InChI is InChI=1S/C18H22O3/c1-12(15-10-11-16(21-15)17(19)20-5)13-6-8-14(9-7-13)18(2,3)4/h6-12H,1-5H3. The summed E-state index contributed by atoms with van der Waals surface area (Å²) in [6.45, 7) is 8.65. The first kappa shape index (κ1) is 15.4. The Morgan fingerprint density at radius 1 is 1.10 bits per heavy atom. The van der Waals surface area contributed by atoms with Gasteiger partial charge in [0.1, 0.15) is 5.76 Å². The number of hydrogen-bond donors (Lipinski definition) is 0. The predicted octanol–water partition coefficient (Wildman–Crippen LogP) is 4.52. The van der Waals surface area contributed by atoms with E-state index in [4.69, 9.17) is 4.42 Å². The average molecular weight is 286 g/mol. The van der Waals surface area contributed by atoms with Gasteiger partial charge >= 0.3 is 5.97 Å². The molecule has 1 aromatic heterocycles. The zero-order chi connectivity index (χ0) is 15.6. The summed E-state index contributed by atoms with van der Waals surface area (Å²) in [5.74, 6) is 0.651. The summed E-state index contributed by atoms with van der Waals surface area (Å²) in [5.41, 5.74) is 2.60. The Balaban J connectivity index is 2.22. The molecule has 0 saturated heterocycles. The van der Waals surface area contributed by atoms with Crippen molar-refractivity contribution < 1.29 is 13.9 Å². The number of carbonyl (C=O) groups excluding carboxylic acids is 1. The summed E-state index contributed by atoms with van der Waals surface area (Å²) in [6.07, 6.45) is 0. The third-order valence-electron chi connectivity index (χ3n) is 3.72. The van der Waals surface area contributed by atoms with E-state index in [0.717, 1.165) is 11.3 Å². The molecule has 1 unspecified atom stereocenters. The summed E-state index contributed by atoms with van der Waals surface area (Å²) in [6, 6.07) is 12.0. The van der Waals surface area contributed by atoms with E-state index >= 15 is 0 Å². The number of carbonyl (C=O) groups is 1. The smallest absolute Gasteiger partial charge is 0.373 e. The minimum absolute atomic E-state index is 0.0948. The van der Waals surface area contributed by atoms with Gasteiger partial charge in [-0.3, -0.25) is 0 Å². The van der Waals surface area contributed by atoms with Gasteiger partial charge in [0, 0.05) is 5.92 Å². The normalized spacial score (nSPS) is 13.0. The van der Waals surface area contributed by atoms with E-state index in [1.54, 1.807) is 6.07 Å². The third-order valence-corrected chi connectivity index (χ3v) is 3.72. The number of esters is 1. The summed E-state index contributed by atoms with van der Waals surface area (Å²) in [5, 5.41) is 0. The van der Waals surface area contributed by atoms with Gasteiger partial charge in [-0.2, -0.15) is 0 Å². The minimum atomic E-state index is -0.448. The number of hydrogen-bond acceptors (Lipinski definition) is 3. The van der Waals surface area contributed by atoms with Crippen molar-refractivity contribution in [3.8, 4) is 0 Å². The van der Waals surface area contributed by atoms with Gasteiger partial charge in [-0.1, -0.05) is 52.0 Å². The third kappa shape index (κ3) is 3.35. The van der Waals surface area contributed by atoms with Crippen LogP contribution in [0.25, 0.3) is 0 Å². The fraction of sp³-hybridized carbons (Fsp3) is 0.389. The Labute approximate surface area is 125 Å². The highest BCUT2D eigenvalue weighted by Crippen LogP contribution is 2.29. The van der Waals surface area contributed by atoms with E-state index in [9.17, 15) is 4.79 Å². The molecule has 1 aromatic carbocycles. The average Bonchev–Trinajstić information content (AvgIpc) is 2.94. The molecule has 0 saturated carbocycles. The summed E-state index contributed by atoms with van der Waals surface area (Å²) in [4.78, 5) is 11.4. The maximum absolute atomic E-state index is 11.4. The van der Waals surface area contributed by atoms with Crippen LogP contribution < -0.4 is 0 Å². The van der Waals surface area contributed by atoms with Gasteiger partial charge in [-0.25, -0.2) is 4.79 Å². The fourth-order valence-corrected chi connectivity index (χ4v) is 2.23. The molecular weight excluding hydrogens is 264 g/mol. The molecule has 3 heteroatoms. The topological polar surface area (TPSA) is 39.4 Å². The Morgan fingerprint density at radius 3 is 2.24 bits per heavy atom. The zero-order valence-corrected chi connectivity index (χ0v) is 13.3. The zero-order valence-electron chi connectivity index (χ0n) is 13.3. The van der Waals surface area contributed by atoms with Crippen LogP contribution in [0.4, 0.5) is 0 Å². The predicted molar refractivity (Wildman–Crippen MR) is 82.7 cm³/mol. The van der Waals surface area contributed by atoms with E-state index in [0.29, 0.717) is 0 Å². The number of rotatable bonds is 3. The molecule has 1 atom stereocenters. The van der Waals surface area contributed by atoms with Crippen LogP contribution >= 0.6 is 0 Å². The molecule has 3 nitrogen and oxygen atoms in total.